The zero-order valence-electron chi connectivity index (χ0n) is 13.8. The Labute approximate surface area is 139 Å². The van der Waals surface area contributed by atoms with Crippen LogP contribution in [0.4, 0.5) is 0 Å². The van der Waals surface area contributed by atoms with Crippen molar-refractivity contribution >= 4 is 23.4 Å². The Morgan fingerprint density at radius 1 is 0.478 bits per heavy atom. The molecule has 0 atom stereocenters. The lowest BCUT2D eigenvalue weighted by Gasteiger charge is -2.20. The van der Waals surface area contributed by atoms with Gasteiger partial charge in [0.2, 0.25) is 7.49 Å². The molecule has 0 heterocycles. The third kappa shape index (κ3) is 3.08. The molecule has 0 radical (unpaired) electrons. The third-order valence-electron chi connectivity index (χ3n) is 4.22. The van der Waals surface area contributed by atoms with E-state index in [1.54, 1.807) is 0 Å². The number of aryl methyl sites for hydroxylation is 3. The molecule has 3 aromatic carbocycles. The van der Waals surface area contributed by atoms with E-state index < -0.39 is 7.49 Å². The molecule has 0 aromatic heterocycles. The summed E-state index contributed by atoms with van der Waals surface area (Å²) in [5.74, 6) is 0. The van der Waals surface area contributed by atoms with E-state index >= 15 is 0 Å². The van der Waals surface area contributed by atoms with Crippen LogP contribution in [0.15, 0.2) is 72.8 Å². The first kappa shape index (κ1) is 15.9. The van der Waals surface area contributed by atoms with Crippen LogP contribution < -0.4 is 15.9 Å². The van der Waals surface area contributed by atoms with Crippen molar-refractivity contribution in [3.05, 3.63) is 89.5 Å². The van der Waals surface area contributed by atoms with Gasteiger partial charge < -0.3 is 0 Å². The maximum atomic E-state index is 11.8. The highest BCUT2D eigenvalue weighted by Crippen LogP contribution is 2.50. The molecule has 0 spiro atoms. The SMILES string of the molecule is Cc1ccc([P+](O)(c2ccc(C)cc2)c2ccc(C)cc2)cc1. The molecule has 0 aliphatic carbocycles. The first-order valence-corrected chi connectivity index (χ1v) is 9.58. The summed E-state index contributed by atoms with van der Waals surface area (Å²) in [6.45, 7) is 6.21. The average Bonchev–Trinajstić information content (AvgIpc) is 2.56. The molecule has 0 amide bonds. The fourth-order valence-corrected chi connectivity index (χ4v) is 5.36. The van der Waals surface area contributed by atoms with Gasteiger partial charge in [0.1, 0.15) is 15.9 Å². The molecule has 0 fully saturated rings. The third-order valence-corrected chi connectivity index (χ3v) is 7.36. The van der Waals surface area contributed by atoms with Gasteiger partial charge in [0.15, 0.2) is 0 Å². The number of benzene rings is 3. The number of rotatable bonds is 3. The average molecular weight is 321 g/mol. The van der Waals surface area contributed by atoms with Gasteiger partial charge in [-0.2, -0.15) is 0 Å². The van der Waals surface area contributed by atoms with Gasteiger partial charge in [0.05, 0.1) is 0 Å². The standard InChI is InChI=1S/C21H22OP/c1-16-4-10-19(11-5-16)23(22,20-12-6-17(2)7-13-20)21-14-8-18(3)9-15-21/h4-15,22H,1-3H3/q+1. The lowest BCUT2D eigenvalue weighted by molar-refractivity contribution is 0.633. The molecule has 3 aromatic rings. The molecular formula is C21H22OP+. The van der Waals surface area contributed by atoms with Crippen LogP contribution in [-0.4, -0.2) is 4.89 Å². The highest BCUT2D eigenvalue weighted by Gasteiger charge is 2.44. The van der Waals surface area contributed by atoms with E-state index in [-0.39, 0.29) is 0 Å². The largest absolute Gasteiger partial charge is 0.238 e. The highest BCUT2D eigenvalue weighted by atomic mass is 31.2. The Bertz CT molecular complexity index is 676. The van der Waals surface area contributed by atoms with Crippen molar-refractivity contribution in [1.29, 1.82) is 0 Å². The van der Waals surface area contributed by atoms with E-state index in [2.05, 4.69) is 93.6 Å². The summed E-state index contributed by atoms with van der Waals surface area (Å²) in [5.41, 5.74) is 3.61. The molecule has 1 nitrogen and oxygen atoms in total. The Kier molecular flexibility index (Phi) is 4.35. The van der Waals surface area contributed by atoms with E-state index in [0.717, 1.165) is 15.9 Å². The first-order valence-electron chi connectivity index (χ1n) is 7.83. The molecule has 0 aliphatic rings. The van der Waals surface area contributed by atoms with Crippen LogP contribution in [0.2, 0.25) is 0 Å². The molecule has 2 heteroatoms. The topological polar surface area (TPSA) is 20.2 Å². The molecule has 0 bridgehead atoms. The summed E-state index contributed by atoms with van der Waals surface area (Å²) in [6, 6.07) is 24.8. The molecule has 116 valence electrons. The van der Waals surface area contributed by atoms with Crippen molar-refractivity contribution in [2.75, 3.05) is 0 Å². The monoisotopic (exact) mass is 321 g/mol. The van der Waals surface area contributed by atoms with Crippen molar-refractivity contribution in [1.82, 2.24) is 0 Å². The van der Waals surface area contributed by atoms with Crippen molar-refractivity contribution in [2.45, 2.75) is 20.8 Å². The quantitative estimate of drug-likeness (QED) is 0.727. The molecule has 3 rings (SSSR count). The first-order chi connectivity index (χ1) is 11.0. The van der Waals surface area contributed by atoms with E-state index in [1.807, 2.05) is 0 Å². The number of hydrogen-bond donors (Lipinski definition) is 1. The van der Waals surface area contributed by atoms with Crippen molar-refractivity contribution in [3.8, 4) is 0 Å². The van der Waals surface area contributed by atoms with Gasteiger partial charge in [-0.15, -0.1) is 0 Å². The zero-order valence-corrected chi connectivity index (χ0v) is 14.7. The smallest absolute Gasteiger partial charge is 0.235 e. The summed E-state index contributed by atoms with van der Waals surface area (Å²) < 4.78 is 0. The lowest BCUT2D eigenvalue weighted by atomic mass is 10.2. The predicted molar refractivity (Wildman–Crippen MR) is 102 cm³/mol. The van der Waals surface area contributed by atoms with E-state index in [1.165, 1.54) is 16.7 Å². The van der Waals surface area contributed by atoms with Gasteiger partial charge in [-0.05, 0) is 57.2 Å². The molecular weight excluding hydrogens is 299 g/mol. The molecule has 0 saturated heterocycles. The van der Waals surface area contributed by atoms with Crippen LogP contribution in [0.1, 0.15) is 16.7 Å². The maximum Gasteiger partial charge on any atom is 0.238 e. The van der Waals surface area contributed by atoms with Gasteiger partial charge in [-0.1, -0.05) is 53.1 Å². The minimum atomic E-state index is -2.59. The molecule has 0 saturated carbocycles. The summed E-state index contributed by atoms with van der Waals surface area (Å²) in [6.07, 6.45) is 0. The van der Waals surface area contributed by atoms with Crippen molar-refractivity contribution in [3.63, 3.8) is 0 Å². The molecule has 0 aliphatic heterocycles. The molecule has 23 heavy (non-hydrogen) atoms. The Morgan fingerprint density at radius 3 is 0.913 bits per heavy atom. The van der Waals surface area contributed by atoms with Crippen LogP contribution in [-0.2, 0) is 0 Å². The van der Waals surface area contributed by atoms with Gasteiger partial charge in [-0.25, -0.2) is 4.89 Å². The lowest BCUT2D eigenvalue weighted by Crippen LogP contribution is -2.30. The molecule has 0 unspecified atom stereocenters. The summed E-state index contributed by atoms with van der Waals surface area (Å²) >= 11 is 0. The second-order valence-electron chi connectivity index (χ2n) is 6.14. The maximum absolute atomic E-state index is 11.8. The fraction of sp³-hybridized carbons (Fsp3) is 0.143. The van der Waals surface area contributed by atoms with Crippen LogP contribution in [0.25, 0.3) is 0 Å². The van der Waals surface area contributed by atoms with Gasteiger partial charge in [0, 0.05) is 0 Å². The summed E-state index contributed by atoms with van der Waals surface area (Å²) in [4.78, 5) is 11.8. The van der Waals surface area contributed by atoms with Crippen LogP contribution >= 0.6 is 7.49 Å². The zero-order chi connectivity index (χ0) is 16.4. The fourth-order valence-electron chi connectivity index (χ4n) is 2.73. The predicted octanol–water partition coefficient (Wildman–Crippen LogP) is 3.81. The van der Waals surface area contributed by atoms with Gasteiger partial charge in [-0.3, -0.25) is 0 Å². The van der Waals surface area contributed by atoms with E-state index in [4.69, 9.17) is 0 Å². The summed E-state index contributed by atoms with van der Waals surface area (Å²) in [7, 11) is -2.59. The van der Waals surface area contributed by atoms with Crippen molar-refractivity contribution in [2.24, 2.45) is 0 Å². The van der Waals surface area contributed by atoms with Crippen LogP contribution in [0.5, 0.6) is 0 Å². The van der Waals surface area contributed by atoms with E-state index in [0.29, 0.717) is 0 Å². The normalized spacial score (nSPS) is 11.5. The Hall–Kier alpha value is -1.95. The summed E-state index contributed by atoms with van der Waals surface area (Å²) in [5, 5.41) is 2.99. The van der Waals surface area contributed by atoms with Crippen LogP contribution in [0.3, 0.4) is 0 Å². The molecule has 1 N–H and O–H groups in total. The van der Waals surface area contributed by atoms with E-state index in [9.17, 15) is 4.89 Å². The minimum Gasteiger partial charge on any atom is -0.235 e. The second-order valence-corrected chi connectivity index (χ2v) is 8.96. The van der Waals surface area contributed by atoms with Gasteiger partial charge in [0.25, 0.3) is 0 Å². The minimum absolute atomic E-state index is 0.996. The van der Waals surface area contributed by atoms with Crippen LogP contribution in [0, 0.1) is 20.8 Å². The number of hydrogen-bond acceptors (Lipinski definition) is 1. The highest BCUT2D eigenvalue weighted by molar-refractivity contribution is 7.91. The second kappa shape index (κ2) is 6.28. The Morgan fingerprint density at radius 2 is 0.696 bits per heavy atom. The Balaban J connectivity index is 2.21. The van der Waals surface area contributed by atoms with Gasteiger partial charge >= 0.3 is 0 Å². The van der Waals surface area contributed by atoms with Crippen molar-refractivity contribution < 1.29 is 4.89 Å².